The second-order valence-corrected chi connectivity index (χ2v) is 6.43. The molecule has 19 heavy (non-hydrogen) atoms. The summed E-state index contributed by atoms with van der Waals surface area (Å²) in [6, 6.07) is 5.29. The second kappa shape index (κ2) is 5.14. The van der Waals surface area contributed by atoms with E-state index in [1.54, 1.807) is 0 Å². The maximum atomic E-state index is 12.3. The molecule has 1 N–H and O–H groups in total. The largest absolute Gasteiger partial charge is 0.478 e. The smallest absolute Gasteiger partial charge is 0.335 e. The molecule has 0 aliphatic carbocycles. The first kappa shape index (κ1) is 13.8. The maximum Gasteiger partial charge on any atom is 0.335 e. The number of hydrogen-bond donors (Lipinski definition) is 1. The van der Waals surface area contributed by atoms with Crippen LogP contribution in [-0.2, 0) is 10.0 Å². The summed E-state index contributed by atoms with van der Waals surface area (Å²) in [7, 11) is -3.53. The predicted molar refractivity (Wildman–Crippen MR) is 70.5 cm³/mol. The lowest BCUT2D eigenvalue weighted by atomic mass is 10.1. The summed E-state index contributed by atoms with van der Waals surface area (Å²) >= 11 is 0. The molecule has 0 aromatic heterocycles. The molecule has 5 nitrogen and oxygen atoms in total. The van der Waals surface area contributed by atoms with Gasteiger partial charge in [-0.05, 0) is 37.6 Å². The molecule has 2 rings (SSSR count). The van der Waals surface area contributed by atoms with E-state index in [1.807, 2.05) is 13.0 Å². The van der Waals surface area contributed by atoms with E-state index in [0.29, 0.717) is 13.1 Å². The number of aromatic carboxylic acids is 1. The highest BCUT2D eigenvalue weighted by atomic mass is 32.2. The summed E-state index contributed by atoms with van der Waals surface area (Å²) in [6.07, 6.45) is 2.62. The summed E-state index contributed by atoms with van der Waals surface area (Å²) < 4.78 is 26.0. The predicted octanol–water partition coefficient (Wildman–Crippen LogP) is 1.73. The molecule has 0 amide bonds. The lowest BCUT2D eigenvalue weighted by molar-refractivity contribution is 0.0696. The number of nitrogens with zero attached hydrogens (tertiary/aromatic N) is 1. The van der Waals surface area contributed by atoms with Gasteiger partial charge in [0.15, 0.2) is 0 Å². The Labute approximate surface area is 112 Å². The molecule has 1 aliphatic rings. The Kier molecular flexibility index (Phi) is 3.73. The van der Waals surface area contributed by atoms with Crippen molar-refractivity contribution in [2.75, 3.05) is 13.1 Å². The van der Waals surface area contributed by atoms with Crippen LogP contribution in [0.25, 0.3) is 0 Å². The Hall–Kier alpha value is -1.66. The van der Waals surface area contributed by atoms with E-state index >= 15 is 0 Å². The van der Waals surface area contributed by atoms with Gasteiger partial charge < -0.3 is 5.11 Å². The van der Waals surface area contributed by atoms with Crippen LogP contribution in [0.5, 0.6) is 0 Å². The molecule has 0 fully saturated rings. The van der Waals surface area contributed by atoms with Crippen molar-refractivity contribution in [3.8, 4) is 0 Å². The van der Waals surface area contributed by atoms with Crippen molar-refractivity contribution in [3.05, 3.63) is 41.5 Å². The molecule has 0 spiro atoms. The van der Waals surface area contributed by atoms with Gasteiger partial charge in [-0.3, -0.25) is 0 Å². The molecule has 0 bridgehead atoms. The molecule has 0 saturated heterocycles. The second-order valence-electron chi connectivity index (χ2n) is 4.49. The number of hydrogen-bond acceptors (Lipinski definition) is 3. The third-order valence-corrected chi connectivity index (χ3v) is 5.02. The molecule has 6 heteroatoms. The summed E-state index contributed by atoms with van der Waals surface area (Å²) in [5, 5.41) is 8.79. The van der Waals surface area contributed by atoms with Gasteiger partial charge in [-0.25, -0.2) is 13.2 Å². The standard InChI is InChI=1S/C13H15NO4S/c1-10-6-8-14(9-7-10)19(17,18)12-4-2-11(3-5-12)13(15)16/h2-6H,7-9H2,1H3,(H,15,16). The van der Waals surface area contributed by atoms with Gasteiger partial charge in [0, 0.05) is 13.1 Å². The third-order valence-electron chi connectivity index (χ3n) is 3.14. The van der Waals surface area contributed by atoms with E-state index in [2.05, 4.69) is 0 Å². The van der Waals surface area contributed by atoms with E-state index in [4.69, 9.17) is 5.11 Å². The molecule has 0 radical (unpaired) electrons. The van der Waals surface area contributed by atoms with Crippen molar-refractivity contribution in [1.82, 2.24) is 4.31 Å². The van der Waals surface area contributed by atoms with Gasteiger partial charge in [0.05, 0.1) is 10.5 Å². The van der Waals surface area contributed by atoms with Gasteiger partial charge in [0.25, 0.3) is 0 Å². The summed E-state index contributed by atoms with van der Waals surface area (Å²) in [6.45, 7) is 2.81. The third kappa shape index (κ3) is 2.85. The highest BCUT2D eigenvalue weighted by Crippen LogP contribution is 2.20. The van der Waals surface area contributed by atoms with Gasteiger partial charge in [-0.1, -0.05) is 11.6 Å². The number of carbonyl (C=O) groups is 1. The zero-order valence-corrected chi connectivity index (χ0v) is 11.4. The van der Waals surface area contributed by atoms with Gasteiger partial charge >= 0.3 is 5.97 Å². The van der Waals surface area contributed by atoms with E-state index in [0.717, 1.165) is 6.42 Å². The molecule has 1 aromatic carbocycles. The average molecular weight is 281 g/mol. The van der Waals surface area contributed by atoms with Crippen LogP contribution in [0.15, 0.2) is 40.8 Å². The molecular weight excluding hydrogens is 266 g/mol. The van der Waals surface area contributed by atoms with Crippen molar-refractivity contribution in [1.29, 1.82) is 0 Å². The van der Waals surface area contributed by atoms with Crippen molar-refractivity contribution < 1.29 is 18.3 Å². The summed E-state index contributed by atoms with van der Waals surface area (Å²) in [4.78, 5) is 10.9. The molecule has 1 aliphatic heterocycles. The number of benzene rings is 1. The minimum absolute atomic E-state index is 0.0772. The molecular formula is C13H15NO4S. The Morgan fingerprint density at radius 2 is 1.89 bits per heavy atom. The molecule has 1 heterocycles. The number of carboxylic acids is 1. The number of sulfonamides is 1. The Morgan fingerprint density at radius 3 is 2.37 bits per heavy atom. The van der Waals surface area contributed by atoms with Crippen molar-refractivity contribution in [3.63, 3.8) is 0 Å². The summed E-state index contributed by atoms with van der Waals surface area (Å²) in [5.74, 6) is -1.07. The lowest BCUT2D eigenvalue weighted by Crippen LogP contribution is -2.34. The fourth-order valence-electron chi connectivity index (χ4n) is 1.89. The average Bonchev–Trinajstić information content (AvgIpc) is 2.39. The minimum atomic E-state index is -3.53. The van der Waals surface area contributed by atoms with Crippen molar-refractivity contribution >= 4 is 16.0 Å². The quantitative estimate of drug-likeness (QED) is 0.856. The summed E-state index contributed by atoms with van der Waals surface area (Å²) in [5.41, 5.74) is 1.26. The monoisotopic (exact) mass is 281 g/mol. The molecule has 0 saturated carbocycles. The molecule has 102 valence electrons. The van der Waals surface area contributed by atoms with Gasteiger partial charge in [-0.2, -0.15) is 4.31 Å². The maximum absolute atomic E-state index is 12.3. The first-order chi connectivity index (χ1) is 8.91. The van der Waals surface area contributed by atoms with Gasteiger partial charge in [-0.15, -0.1) is 0 Å². The van der Waals surface area contributed by atoms with E-state index < -0.39 is 16.0 Å². The molecule has 0 atom stereocenters. The van der Waals surface area contributed by atoms with Crippen LogP contribution in [0.2, 0.25) is 0 Å². The first-order valence-corrected chi connectivity index (χ1v) is 7.34. The number of carboxylic acid groups (broad SMARTS) is 1. The first-order valence-electron chi connectivity index (χ1n) is 5.90. The fraction of sp³-hybridized carbons (Fsp3) is 0.308. The van der Waals surface area contributed by atoms with E-state index in [-0.39, 0.29) is 10.5 Å². The van der Waals surface area contributed by atoms with Crippen LogP contribution in [0.3, 0.4) is 0 Å². The van der Waals surface area contributed by atoms with Crippen LogP contribution in [-0.4, -0.2) is 36.9 Å². The number of rotatable bonds is 3. The van der Waals surface area contributed by atoms with Crippen LogP contribution in [0.4, 0.5) is 0 Å². The molecule has 1 aromatic rings. The Bertz CT molecular complexity index is 617. The van der Waals surface area contributed by atoms with E-state index in [1.165, 1.54) is 34.1 Å². The SMILES string of the molecule is CC1=CCN(S(=O)(=O)c2ccc(C(=O)O)cc2)CC1. The zero-order chi connectivity index (χ0) is 14.0. The van der Waals surface area contributed by atoms with Crippen molar-refractivity contribution in [2.45, 2.75) is 18.2 Å². The highest BCUT2D eigenvalue weighted by Gasteiger charge is 2.25. The van der Waals surface area contributed by atoms with Crippen LogP contribution in [0, 0.1) is 0 Å². The minimum Gasteiger partial charge on any atom is -0.478 e. The van der Waals surface area contributed by atoms with Crippen LogP contribution < -0.4 is 0 Å². The Morgan fingerprint density at radius 1 is 1.26 bits per heavy atom. The lowest BCUT2D eigenvalue weighted by Gasteiger charge is -2.24. The van der Waals surface area contributed by atoms with E-state index in [9.17, 15) is 13.2 Å². The van der Waals surface area contributed by atoms with Gasteiger partial charge in [0.2, 0.25) is 10.0 Å². The molecule has 0 unspecified atom stereocenters. The highest BCUT2D eigenvalue weighted by molar-refractivity contribution is 7.89. The zero-order valence-electron chi connectivity index (χ0n) is 10.5. The topological polar surface area (TPSA) is 74.7 Å². The van der Waals surface area contributed by atoms with Gasteiger partial charge in [0.1, 0.15) is 0 Å². The Balaban J connectivity index is 2.27. The normalized spacial score (nSPS) is 17.0. The fourth-order valence-corrected chi connectivity index (χ4v) is 3.27. The van der Waals surface area contributed by atoms with Crippen LogP contribution in [0.1, 0.15) is 23.7 Å². The van der Waals surface area contributed by atoms with Crippen LogP contribution >= 0.6 is 0 Å². The van der Waals surface area contributed by atoms with Crippen molar-refractivity contribution in [2.24, 2.45) is 0 Å².